The normalized spacial score (nSPS) is 27.5. The van der Waals surface area contributed by atoms with Crippen molar-refractivity contribution in [2.75, 3.05) is 13.7 Å². The number of rotatable bonds is 1. The van der Waals surface area contributed by atoms with Gasteiger partial charge >= 0.3 is 5.97 Å². The molecule has 1 atom stereocenters. The van der Waals surface area contributed by atoms with Crippen LogP contribution in [0.25, 0.3) is 0 Å². The van der Waals surface area contributed by atoms with Gasteiger partial charge in [0.05, 0.1) is 13.7 Å². The van der Waals surface area contributed by atoms with Gasteiger partial charge in [-0.3, -0.25) is 0 Å². The Labute approximate surface area is 69.9 Å². The summed E-state index contributed by atoms with van der Waals surface area (Å²) in [5, 5.41) is 0. The van der Waals surface area contributed by atoms with Crippen molar-refractivity contribution in [3.05, 3.63) is 11.1 Å². The van der Waals surface area contributed by atoms with Crippen LogP contribution in [-0.4, -0.2) is 25.8 Å². The fourth-order valence-corrected chi connectivity index (χ4v) is 1.19. The highest BCUT2D eigenvalue weighted by Gasteiger charge is 2.29. The summed E-state index contributed by atoms with van der Waals surface area (Å²) in [6.45, 7) is 0.540. The maximum Gasteiger partial charge on any atom is 0.339 e. The Balaban J connectivity index is 2.64. The third-order valence-electron chi connectivity index (χ3n) is 1.57. The first kappa shape index (κ1) is 8.56. The number of ether oxygens (including phenoxy) is 2. The second-order valence-electron chi connectivity index (χ2n) is 2.21. The third kappa shape index (κ3) is 1.73. The molecule has 1 rings (SSSR count). The summed E-state index contributed by atoms with van der Waals surface area (Å²) >= 11 is 5.45. The van der Waals surface area contributed by atoms with Crippen molar-refractivity contribution < 1.29 is 14.3 Å². The van der Waals surface area contributed by atoms with Crippen LogP contribution in [0.5, 0.6) is 0 Å². The topological polar surface area (TPSA) is 35.5 Å². The highest BCUT2D eigenvalue weighted by Crippen LogP contribution is 2.21. The van der Waals surface area contributed by atoms with E-state index in [2.05, 4.69) is 4.74 Å². The molecule has 62 valence electrons. The molecule has 4 heteroatoms. The molecule has 0 saturated carbocycles. The first-order valence-electron chi connectivity index (χ1n) is 3.28. The lowest BCUT2D eigenvalue weighted by Gasteiger charge is -2.06. The molecule has 1 unspecified atom stereocenters. The van der Waals surface area contributed by atoms with E-state index in [9.17, 15) is 4.79 Å². The van der Waals surface area contributed by atoms with Crippen LogP contribution in [0, 0.1) is 0 Å². The Bertz CT molecular complexity index is 188. The van der Waals surface area contributed by atoms with Gasteiger partial charge in [0, 0.05) is 5.54 Å². The number of carbonyl (C=O) groups is 1. The number of halogens is 1. The zero-order chi connectivity index (χ0) is 8.27. The summed E-state index contributed by atoms with van der Waals surface area (Å²) in [7, 11) is 1.33. The van der Waals surface area contributed by atoms with Gasteiger partial charge in [-0.25, -0.2) is 4.79 Å². The Morgan fingerprint density at radius 1 is 1.91 bits per heavy atom. The summed E-state index contributed by atoms with van der Waals surface area (Å²) in [5.41, 5.74) is 2.17. The highest BCUT2D eigenvalue weighted by molar-refractivity contribution is 6.26. The minimum Gasteiger partial charge on any atom is -0.467 e. The molecule has 0 aliphatic carbocycles. The smallest absolute Gasteiger partial charge is 0.339 e. The monoisotopic (exact) mass is 176 g/mol. The molecular formula is C7H9ClO3. The lowest BCUT2D eigenvalue weighted by atomic mass is 10.1. The zero-order valence-electron chi connectivity index (χ0n) is 6.17. The molecule has 1 saturated heterocycles. The summed E-state index contributed by atoms with van der Waals surface area (Å²) < 4.78 is 9.58. The molecule has 0 bridgehead atoms. The maximum atomic E-state index is 10.9. The van der Waals surface area contributed by atoms with E-state index >= 15 is 0 Å². The summed E-state index contributed by atoms with van der Waals surface area (Å²) in [6, 6.07) is 0. The van der Waals surface area contributed by atoms with Crippen LogP contribution in [0.15, 0.2) is 11.1 Å². The van der Waals surface area contributed by atoms with Crippen molar-refractivity contribution in [1.29, 1.82) is 0 Å². The first-order chi connectivity index (χ1) is 5.29. The molecule has 0 spiro atoms. The van der Waals surface area contributed by atoms with Gasteiger partial charge < -0.3 is 9.47 Å². The average Bonchev–Trinajstić information content (AvgIpc) is 2.50. The van der Waals surface area contributed by atoms with E-state index in [1.54, 1.807) is 0 Å². The summed E-state index contributed by atoms with van der Waals surface area (Å²) in [6.07, 6.45) is 0.140. The van der Waals surface area contributed by atoms with E-state index in [-0.39, 0.29) is 5.97 Å². The van der Waals surface area contributed by atoms with Crippen molar-refractivity contribution in [3.63, 3.8) is 0 Å². The van der Waals surface area contributed by atoms with Crippen LogP contribution in [-0.2, 0) is 14.3 Å². The SMILES string of the molecule is COC(=O)C1OCC/C1=C\Cl. The van der Waals surface area contributed by atoms with Gasteiger partial charge in [0.25, 0.3) is 0 Å². The van der Waals surface area contributed by atoms with E-state index in [4.69, 9.17) is 16.3 Å². The first-order valence-corrected chi connectivity index (χ1v) is 3.72. The van der Waals surface area contributed by atoms with Gasteiger partial charge in [0.2, 0.25) is 0 Å². The van der Waals surface area contributed by atoms with Crippen molar-refractivity contribution in [2.24, 2.45) is 0 Å². The number of esters is 1. The molecule has 0 aromatic carbocycles. The van der Waals surface area contributed by atoms with Crippen LogP contribution >= 0.6 is 11.6 Å². The lowest BCUT2D eigenvalue weighted by molar-refractivity contribution is -0.149. The largest absolute Gasteiger partial charge is 0.467 e. The van der Waals surface area contributed by atoms with Crippen molar-refractivity contribution in [2.45, 2.75) is 12.5 Å². The molecule has 0 amide bonds. The minimum atomic E-state index is -0.572. The predicted octanol–water partition coefficient (Wildman–Crippen LogP) is 1.07. The van der Waals surface area contributed by atoms with Crippen LogP contribution in [0.3, 0.4) is 0 Å². The van der Waals surface area contributed by atoms with Gasteiger partial charge in [-0.15, -0.1) is 0 Å². The van der Waals surface area contributed by atoms with Crippen LogP contribution in [0.4, 0.5) is 0 Å². The Morgan fingerprint density at radius 2 is 2.64 bits per heavy atom. The van der Waals surface area contributed by atoms with Gasteiger partial charge in [-0.2, -0.15) is 0 Å². The van der Waals surface area contributed by atoms with E-state index in [1.807, 2.05) is 0 Å². The summed E-state index contributed by atoms with van der Waals surface area (Å²) in [5.74, 6) is -0.380. The predicted molar refractivity (Wildman–Crippen MR) is 40.3 cm³/mol. The Morgan fingerprint density at radius 3 is 3.18 bits per heavy atom. The van der Waals surface area contributed by atoms with E-state index in [1.165, 1.54) is 12.6 Å². The fraction of sp³-hybridized carbons (Fsp3) is 0.571. The molecule has 1 heterocycles. The molecule has 0 aromatic rings. The molecule has 1 aliphatic heterocycles. The molecule has 11 heavy (non-hydrogen) atoms. The van der Waals surface area contributed by atoms with Crippen molar-refractivity contribution in [3.8, 4) is 0 Å². The highest BCUT2D eigenvalue weighted by atomic mass is 35.5. The lowest BCUT2D eigenvalue weighted by Crippen LogP contribution is -2.22. The quantitative estimate of drug-likeness (QED) is 0.561. The number of hydrogen-bond acceptors (Lipinski definition) is 3. The van der Waals surface area contributed by atoms with Crippen LogP contribution in [0.2, 0.25) is 0 Å². The van der Waals surface area contributed by atoms with Crippen LogP contribution in [0.1, 0.15) is 6.42 Å². The summed E-state index contributed by atoms with van der Waals surface area (Å²) in [4.78, 5) is 10.9. The van der Waals surface area contributed by atoms with E-state index in [0.29, 0.717) is 13.0 Å². The molecule has 1 fully saturated rings. The van der Waals surface area contributed by atoms with E-state index < -0.39 is 6.10 Å². The molecule has 0 aromatic heterocycles. The van der Waals surface area contributed by atoms with Gasteiger partial charge in [-0.1, -0.05) is 11.6 Å². The fourth-order valence-electron chi connectivity index (χ4n) is 0.971. The second kappa shape index (κ2) is 3.74. The average molecular weight is 177 g/mol. The standard InChI is InChI=1S/C7H9ClO3/c1-10-7(9)6-5(4-8)2-3-11-6/h4,6H,2-3H2,1H3/b5-4+. The zero-order valence-corrected chi connectivity index (χ0v) is 6.93. The number of carbonyl (C=O) groups excluding carboxylic acids is 1. The van der Waals surface area contributed by atoms with Gasteiger partial charge in [0.1, 0.15) is 0 Å². The van der Waals surface area contributed by atoms with Crippen molar-refractivity contribution in [1.82, 2.24) is 0 Å². The van der Waals surface area contributed by atoms with Crippen molar-refractivity contribution >= 4 is 17.6 Å². The van der Waals surface area contributed by atoms with E-state index in [0.717, 1.165) is 5.57 Å². The minimum absolute atomic E-state index is 0.380. The molecule has 1 aliphatic rings. The second-order valence-corrected chi connectivity index (χ2v) is 2.43. The molecule has 3 nitrogen and oxygen atoms in total. The Hall–Kier alpha value is -0.540. The molecular weight excluding hydrogens is 168 g/mol. The number of hydrogen-bond donors (Lipinski definition) is 0. The van der Waals surface area contributed by atoms with Gasteiger partial charge in [0.15, 0.2) is 6.10 Å². The molecule has 0 N–H and O–H groups in total. The van der Waals surface area contributed by atoms with Crippen LogP contribution < -0.4 is 0 Å². The third-order valence-corrected chi connectivity index (χ3v) is 1.85. The maximum absolute atomic E-state index is 10.9. The van der Waals surface area contributed by atoms with Gasteiger partial charge in [-0.05, 0) is 12.0 Å². The molecule has 0 radical (unpaired) electrons. The number of methoxy groups -OCH3 is 1. The Kier molecular flexibility index (Phi) is 2.91.